The van der Waals surface area contributed by atoms with Gasteiger partial charge in [0, 0.05) is 15.2 Å². The second-order valence-corrected chi connectivity index (χ2v) is 15.9. The Kier molecular flexibility index (Phi) is 6.25. The van der Waals surface area contributed by atoms with Crippen molar-refractivity contribution in [1.29, 1.82) is 0 Å². The zero-order valence-electron chi connectivity index (χ0n) is 10.9. The lowest BCUT2D eigenvalue weighted by molar-refractivity contribution is 0.408. The maximum atomic E-state index is 5.65. The minimum Gasteiger partial charge on any atom is -0.421 e. The van der Waals surface area contributed by atoms with Crippen LogP contribution < -0.4 is 0 Å². The van der Waals surface area contributed by atoms with Gasteiger partial charge in [-0.25, -0.2) is 0 Å². The number of hydrogen-bond acceptors (Lipinski definition) is 1. The number of hydrogen-bond donors (Lipinski definition) is 0. The Balaban J connectivity index is 3.93. The van der Waals surface area contributed by atoms with E-state index in [2.05, 4.69) is 33.1 Å². The molecule has 0 aromatic heterocycles. The molecule has 0 saturated heterocycles. The van der Waals surface area contributed by atoms with E-state index in [1.165, 1.54) is 31.0 Å². The molecular weight excluding hydrogens is 204 g/mol. The second kappa shape index (κ2) is 6.08. The molecule has 0 atom stereocenters. The van der Waals surface area contributed by atoms with Crippen molar-refractivity contribution in [2.45, 2.75) is 64.1 Å². The summed E-state index contributed by atoms with van der Waals surface area (Å²) < 4.78 is 5.65. The van der Waals surface area contributed by atoms with Crippen LogP contribution in [0.1, 0.15) is 26.2 Å². The highest BCUT2D eigenvalue weighted by molar-refractivity contribution is 6.92. The summed E-state index contributed by atoms with van der Waals surface area (Å²) in [7, 11) is -0.380. The number of unbranched alkanes of at least 4 members (excludes halogenated alkanes) is 2. The first-order valence-corrected chi connectivity index (χ1v) is 12.4. The van der Waals surface area contributed by atoms with Gasteiger partial charge in [-0.15, -0.1) is 0 Å². The molecule has 0 aliphatic heterocycles. The topological polar surface area (TPSA) is 9.23 Å². The Bertz CT molecular complexity index is 155. The minimum absolute atomic E-state index is 0.960. The molecule has 0 aliphatic carbocycles. The summed E-state index contributed by atoms with van der Waals surface area (Å²) in [6.07, 6.45) is 4.19. The van der Waals surface area contributed by atoms with E-state index in [0.29, 0.717) is 0 Å². The Hall–Kier alpha value is 0.394. The highest BCUT2D eigenvalue weighted by Crippen LogP contribution is 2.25. The lowest BCUT2D eigenvalue weighted by atomic mass is 10.3. The zero-order chi connectivity index (χ0) is 11.2. The fourth-order valence-electron chi connectivity index (χ4n) is 2.17. The second-order valence-electron chi connectivity index (χ2n) is 5.76. The van der Waals surface area contributed by atoms with Gasteiger partial charge in [0.15, 0.2) is 8.32 Å². The molecule has 0 rings (SSSR count). The highest BCUT2D eigenvalue weighted by atomic mass is 28.4. The molecule has 86 valence electrons. The van der Waals surface area contributed by atoms with E-state index in [4.69, 9.17) is 4.43 Å². The predicted molar refractivity (Wildman–Crippen MR) is 71.1 cm³/mol. The molecule has 0 aliphatic rings. The van der Waals surface area contributed by atoms with Crippen molar-refractivity contribution < 1.29 is 4.43 Å². The lowest BCUT2D eigenvalue weighted by Gasteiger charge is -2.30. The van der Waals surface area contributed by atoms with Crippen LogP contribution in [0, 0.1) is 0 Å². The van der Waals surface area contributed by atoms with Crippen LogP contribution in [0.25, 0.3) is 0 Å². The van der Waals surface area contributed by atoms with E-state index < -0.39 is 16.4 Å². The third-order valence-electron chi connectivity index (χ3n) is 2.91. The van der Waals surface area contributed by atoms with Crippen molar-refractivity contribution in [3.63, 3.8) is 0 Å². The Morgan fingerprint density at radius 3 is 2.00 bits per heavy atom. The maximum absolute atomic E-state index is 5.65. The van der Waals surface area contributed by atoms with E-state index in [-0.39, 0.29) is 0 Å². The van der Waals surface area contributed by atoms with E-state index in [1.807, 2.05) is 7.11 Å². The summed E-state index contributed by atoms with van der Waals surface area (Å²) in [6.45, 7) is 12.0. The van der Waals surface area contributed by atoms with Crippen molar-refractivity contribution >= 4 is 16.4 Å². The van der Waals surface area contributed by atoms with E-state index in [1.54, 1.807) is 0 Å². The molecule has 14 heavy (non-hydrogen) atoms. The monoisotopic (exact) mass is 232 g/mol. The van der Waals surface area contributed by atoms with E-state index >= 15 is 0 Å². The average molecular weight is 233 g/mol. The predicted octanol–water partition coefficient (Wildman–Crippen LogP) is 4.28. The first-order chi connectivity index (χ1) is 6.33. The fourth-order valence-corrected chi connectivity index (χ4v) is 13.9. The third kappa shape index (κ3) is 6.79. The largest absolute Gasteiger partial charge is 0.421 e. The van der Waals surface area contributed by atoms with Crippen LogP contribution in [0.3, 0.4) is 0 Å². The third-order valence-corrected chi connectivity index (χ3v) is 13.0. The van der Waals surface area contributed by atoms with Crippen LogP contribution in [0.2, 0.25) is 37.9 Å². The molecule has 0 aromatic rings. The minimum atomic E-state index is -1.31. The first kappa shape index (κ1) is 14.4. The summed E-state index contributed by atoms with van der Waals surface area (Å²) >= 11 is 0. The lowest BCUT2D eigenvalue weighted by Crippen LogP contribution is -2.41. The van der Waals surface area contributed by atoms with Crippen LogP contribution in [-0.4, -0.2) is 23.5 Å². The molecule has 0 bridgehead atoms. The van der Waals surface area contributed by atoms with Crippen molar-refractivity contribution in [2.75, 3.05) is 7.11 Å². The van der Waals surface area contributed by atoms with Gasteiger partial charge in [-0.1, -0.05) is 45.3 Å². The molecule has 0 N–H and O–H groups in total. The summed E-state index contributed by atoms with van der Waals surface area (Å²) in [4.78, 5) is 0. The number of rotatable bonds is 7. The van der Waals surface area contributed by atoms with Gasteiger partial charge < -0.3 is 4.43 Å². The molecule has 0 aromatic carbocycles. The van der Waals surface area contributed by atoms with Gasteiger partial charge in [-0.3, -0.25) is 0 Å². The van der Waals surface area contributed by atoms with Crippen LogP contribution in [0.5, 0.6) is 0 Å². The van der Waals surface area contributed by atoms with Crippen molar-refractivity contribution in [1.82, 2.24) is 0 Å². The zero-order valence-corrected chi connectivity index (χ0v) is 12.9. The summed E-state index contributed by atoms with van der Waals surface area (Å²) in [5.74, 6) is 0. The standard InChI is InChI=1S/C11H28OSi2/c1-7-8-9-10-13(3,4)11-14(5,6)12-2/h7-11H2,1-6H3. The molecule has 0 heterocycles. The molecule has 0 spiro atoms. The van der Waals surface area contributed by atoms with Gasteiger partial charge in [0.1, 0.15) is 0 Å². The van der Waals surface area contributed by atoms with Crippen LogP contribution >= 0.6 is 0 Å². The Morgan fingerprint density at radius 1 is 1.00 bits per heavy atom. The molecule has 0 radical (unpaired) electrons. The van der Waals surface area contributed by atoms with Gasteiger partial charge in [0.05, 0.1) is 0 Å². The van der Waals surface area contributed by atoms with Crippen molar-refractivity contribution in [3.05, 3.63) is 0 Å². The van der Waals surface area contributed by atoms with Gasteiger partial charge >= 0.3 is 0 Å². The molecule has 0 unspecified atom stereocenters. The molecular formula is C11H28OSi2. The quantitative estimate of drug-likeness (QED) is 0.470. The molecule has 0 amide bonds. The average Bonchev–Trinajstić information content (AvgIpc) is 2.03. The first-order valence-electron chi connectivity index (χ1n) is 5.88. The van der Waals surface area contributed by atoms with Gasteiger partial charge in [0.2, 0.25) is 0 Å². The van der Waals surface area contributed by atoms with Crippen molar-refractivity contribution in [3.8, 4) is 0 Å². The van der Waals surface area contributed by atoms with Gasteiger partial charge in [-0.2, -0.15) is 0 Å². The molecule has 1 nitrogen and oxygen atoms in total. The fraction of sp³-hybridized carbons (Fsp3) is 1.00. The summed E-state index contributed by atoms with van der Waals surface area (Å²) in [6, 6.07) is 1.49. The highest BCUT2D eigenvalue weighted by Gasteiger charge is 2.31. The SMILES string of the molecule is CCCCC[Si](C)(C)C[Si](C)(C)OC. The maximum Gasteiger partial charge on any atom is 0.183 e. The summed E-state index contributed by atoms with van der Waals surface area (Å²) in [5, 5.41) is 0. The molecule has 0 fully saturated rings. The van der Waals surface area contributed by atoms with Gasteiger partial charge in [0.25, 0.3) is 0 Å². The Morgan fingerprint density at radius 2 is 1.57 bits per heavy atom. The normalized spacial score (nSPS) is 13.3. The molecule has 0 saturated carbocycles. The van der Waals surface area contributed by atoms with Crippen LogP contribution in [-0.2, 0) is 4.43 Å². The van der Waals surface area contributed by atoms with E-state index in [0.717, 1.165) is 0 Å². The van der Waals surface area contributed by atoms with Crippen LogP contribution in [0.15, 0.2) is 0 Å². The van der Waals surface area contributed by atoms with E-state index in [9.17, 15) is 0 Å². The Labute approximate surface area is 92.4 Å². The smallest absolute Gasteiger partial charge is 0.183 e. The van der Waals surface area contributed by atoms with Crippen molar-refractivity contribution in [2.24, 2.45) is 0 Å². The summed E-state index contributed by atoms with van der Waals surface area (Å²) in [5.41, 5.74) is 1.42. The molecule has 3 heteroatoms. The van der Waals surface area contributed by atoms with Gasteiger partial charge in [-0.05, 0) is 18.8 Å². The van der Waals surface area contributed by atoms with Crippen LogP contribution in [0.4, 0.5) is 0 Å².